The zero-order valence-electron chi connectivity index (χ0n) is 19.4. The quantitative estimate of drug-likeness (QED) is 0.268. The van der Waals surface area contributed by atoms with Gasteiger partial charge in [0.15, 0.2) is 11.0 Å². The molecule has 0 radical (unpaired) electrons. The molecule has 186 valence electrons. The lowest BCUT2D eigenvalue weighted by Gasteiger charge is -2.12. The van der Waals surface area contributed by atoms with Crippen LogP contribution >= 0.6 is 11.8 Å². The first-order chi connectivity index (χ1) is 17.5. The van der Waals surface area contributed by atoms with Gasteiger partial charge < -0.3 is 19.4 Å². The lowest BCUT2D eigenvalue weighted by atomic mass is 10.1. The van der Waals surface area contributed by atoms with Crippen LogP contribution < -0.4 is 14.8 Å². The van der Waals surface area contributed by atoms with Crippen LogP contribution in [0, 0.1) is 0 Å². The van der Waals surface area contributed by atoms with E-state index in [1.165, 1.54) is 23.9 Å². The molecule has 1 N–H and O–H groups in total. The molecule has 0 bridgehead atoms. The summed E-state index contributed by atoms with van der Waals surface area (Å²) in [5.74, 6) is 0.936. The van der Waals surface area contributed by atoms with E-state index in [1.807, 2.05) is 47.0 Å². The minimum Gasteiger partial charge on any atom is -0.497 e. The first-order valence-electron chi connectivity index (χ1n) is 11.1. The Morgan fingerprint density at radius 1 is 1.00 bits per heavy atom. The number of halogens is 2. The number of hydrogen-bond acceptors (Lipinski definition) is 6. The number of carbonyl (C=O) groups excluding carboxylic acids is 1. The number of hydrogen-bond donors (Lipinski definition) is 1. The first-order valence-corrected chi connectivity index (χ1v) is 12.1. The molecule has 36 heavy (non-hydrogen) atoms. The molecule has 1 aromatic heterocycles. The zero-order chi connectivity index (χ0) is 25.3. The topological polar surface area (TPSA) is 78.3 Å². The van der Waals surface area contributed by atoms with Crippen LogP contribution in [0.3, 0.4) is 0 Å². The minimum atomic E-state index is -2.99. The van der Waals surface area contributed by atoms with Crippen LogP contribution in [0.5, 0.6) is 11.5 Å². The summed E-state index contributed by atoms with van der Waals surface area (Å²) in [6.45, 7) is -2.38. The predicted octanol–water partition coefficient (Wildman–Crippen LogP) is 5.53. The van der Waals surface area contributed by atoms with Gasteiger partial charge in [0.25, 0.3) is 0 Å². The summed E-state index contributed by atoms with van der Waals surface area (Å²) in [6, 6.07) is 23.6. The van der Waals surface area contributed by atoms with Gasteiger partial charge in [0.1, 0.15) is 11.5 Å². The van der Waals surface area contributed by atoms with Gasteiger partial charge in [-0.3, -0.25) is 4.79 Å². The van der Waals surface area contributed by atoms with Gasteiger partial charge in [-0.1, -0.05) is 54.2 Å². The Balaban J connectivity index is 1.50. The Kier molecular flexibility index (Phi) is 8.51. The first kappa shape index (κ1) is 25.2. The number of aryl methyl sites for hydroxylation is 1. The van der Waals surface area contributed by atoms with Gasteiger partial charge in [-0.05, 0) is 48.4 Å². The highest BCUT2D eigenvalue weighted by atomic mass is 32.2. The summed E-state index contributed by atoms with van der Waals surface area (Å²) >= 11 is 1.22. The largest absolute Gasteiger partial charge is 0.497 e. The van der Waals surface area contributed by atoms with E-state index in [1.54, 1.807) is 19.2 Å². The Labute approximate surface area is 211 Å². The molecule has 3 aromatic carbocycles. The van der Waals surface area contributed by atoms with Crippen molar-refractivity contribution in [2.24, 2.45) is 0 Å². The Hall–Kier alpha value is -3.92. The molecule has 0 aliphatic rings. The number of nitrogens with one attached hydrogen (secondary N) is 1. The maximum atomic E-state index is 12.7. The number of rotatable bonds is 11. The highest BCUT2D eigenvalue weighted by Gasteiger charge is 2.17. The van der Waals surface area contributed by atoms with Gasteiger partial charge in [-0.25, -0.2) is 0 Å². The Morgan fingerprint density at radius 3 is 2.44 bits per heavy atom. The highest BCUT2D eigenvalue weighted by Crippen LogP contribution is 2.28. The number of aromatic nitrogens is 3. The van der Waals surface area contributed by atoms with Gasteiger partial charge in [0, 0.05) is 12.1 Å². The van der Waals surface area contributed by atoms with Crippen molar-refractivity contribution in [2.45, 2.75) is 24.7 Å². The Bertz CT molecular complexity index is 1280. The van der Waals surface area contributed by atoms with Crippen molar-refractivity contribution < 1.29 is 23.0 Å². The van der Waals surface area contributed by atoms with Crippen LogP contribution in [0.4, 0.5) is 14.5 Å². The van der Waals surface area contributed by atoms with E-state index in [9.17, 15) is 13.6 Å². The van der Waals surface area contributed by atoms with E-state index in [2.05, 4.69) is 32.4 Å². The van der Waals surface area contributed by atoms with Gasteiger partial charge in [-0.2, -0.15) is 8.78 Å². The SMILES string of the molecule is COc1ccc(-c2nnc(SCC(=O)Nc3ccccc3OC(F)F)n2CCc2ccccc2)cc1. The van der Waals surface area contributed by atoms with Crippen molar-refractivity contribution in [3.05, 3.63) is 84.4 Å². The predicted molar refractivity (Wildman–Crippen MR) is 135 cm³/mol. The number of alkyl halides is 2. The summed E-state index contributed by atoms with van der Waals surface area (Å²) in [5, 5.41) is 11.9. The second kappa shape index (κ2) is 12.2. The van der Waals surface area contributed by atoms with Crippen molar-refractivity contribution in [1.82, 2.24) is 14.8 Å². The number of carbonyl (C=O) groups is 1. The summed E-state index contributed by atoms with van der Waals surface area (Å²) in [7, 11) is 1.61. The van der Waals surface area contributed by atoms with Crippen molar-refractivity contribution in [3.63, 3.8) is 0 Å². The van der Waals surface area contributed by atoms with Gasteiger partial charge in [0.2, 0.25) is 5.91 Å². The fourth-order valence-electron chi connectivity index (χ4n) is 3.52. The number of amides is 1. The second-order valence-electron chi connectivity index (χ2n) is 7.63. The molecule has 0 aliphatic carbocycles. The van der Waals surface area contributed by atoms with Crippen molar-refractivity contribution in [1.29, 1.82) is 0 Å². The number of para-hydroxylation sites is 2. The maximum absolute atomic E-state index is 12.7. The van der Waals surface area contributed by atoms with Crippen molar-refractivity contribution in [3.8, 4) is 22.9 Å². The molecule has 0 saturated heterocycles. The molecule has 0 spiro atoms. The molecule has 1 amide bonds. The van der Waals surface area contributed by atoms with E-state index in [-0.39, 0.29) is 23.1 Å². The minimum absolute atomic E-state index is 0.00902. The third kappa shape index (κ3) is 6.60. The normalized spacial score (nSPS) is 10.9. The standard InChI is InChI=1S/C26H24F2N4O3S/c1-34-20-13-11-19(12-14-20)24-30-31-26(32(24)16-15-18-7-3-2-4-8-18)36-17-23(33)29-21-9-5-6-10-22(21)35-25(27)28/h2-14,25H,15-17H2,1H3,(H,29,33). The summed E-state index contributed by atoms with van der Waals surface area (Å²) in [4.78, 5) is 12.6. The molecule has 0 saturated carbocycles. The van der Waals surface area contributed by atoms with Crippen LogP contribution in [0.2, 0.25) is 0 Å². The molecule has 1 heterocycles. The lowest BCUT2D eigenvalue weighted by Crippen LogP contribution is -2.16. The lowest BCUT2D eigenvalue weighted by molar-refractivity contribution is -0.113. The van der Waals surface area contributed by atoms with Crippen molar-refractivity contribution in [2.75, 3.05) is 18.2 Å². The van der Waals surface area contributed by atoms with E-state index in [4.69, 9.17) is 4.74 Å². The monoisotopic (exact) mass is 510 g/mol. The van der Waals surface area contributed by atoms with Crippen LogP contribution in [-0.2, 0) is 17.8 Å². The van der Waals surface area contributed by atoms with Gasteiger partial charge in [0.05, 0.1) is 18.6 Å². The molecule has 4 aromatic rings. The highest BCUT2D eigenvalue weighted by molar-refractivity contribution is 7.99. The van der Waals surface area contributed by atoms with Crippen LogP contribution in [0.15, 0.2) is 84.0 Å². The average Bonchev–Trinajstić information content (AvgIpc) is 3.30. The van der Waals surface area contributed by atoms with Gasteiger partial charge >= 0.3 is 6.61 Å². The third-order valence-electron chi connectivity index (χ3n) is 5.24. The average molecular weight is 511 g/mol. The molecule has 7 nitrogen and oxygen atoms in total. The number of benzene rings is 3. The van der Waals surface area contributed by atoms with E-state index >= 15 is 0 Å². The Morgan fingerprint density at radius 2 is 1.72 bits per heavy atom. The number of thioether (sulfide) groups is 1. The molecule has 0 aliphatic heterocycles. The summed E-state index contributed by atoms with van der Waals surface area (Å²) in [6.07, 6.45) is 0.750. The second-order valence-corrected chi connectivity index (χ2v) is 8.58. The fraction of sp³-hybridized carbons (Fsp3) is 0.192. The maximum Gasteiger partial charge on any atom is 0.387 e. The third-order valence-corrected chi connectivity index (χ3v) is 6.21. The molecule has 0 unspecified atom stereocenters. The van der Waals surface area contributed by atoms with E-state index in [0.29, 0.717) is 17.5 Å². The van der Waals surface area contributed by atoms with E-state index in [0.717, 1.165) is 23.3 Å². The number of methoxy groups -OCH3 is 1. The summed E-state index contributed by atoms with van der Waals surface area (Å²) < 4.78 is 37.0. The molecule has 4 rings (SSSR count). The molecular weight excluding hydrogens is 486 g/mol. The van der Waals surface area contributed by atoms with Gasteiger partial charge in [-0.15, -0.1) is 10.2 Å². The van der Waals surface area contributed by atoms with Crippen LogP contribution in [0.1, 0.15) is 5.56 Å². The number of nitrogens with zero attached hydrogens (tertiary/aromatic N) is 3. The van der Waals surface area contributed by atoms with Crippen molar-refractivity contribution >= 4 is 23.4 Å². The fourth-order valence-corrected chi connectivity index (χ4v) is 4.29. The molecule has 10 heteroatoms. The van der Waals surface area contributed by atoms with Crippen LogP contribution in [0.25, 0.3) is 11.4 Å². The van der Waals surface area contributed by atoms with Crippen LogP contribution in [-0.4, -0.2) is 40.1 Å². The zero-order valence-corrected chi connectivity index (χ0v) is 20.3. The van der Waals surface area contributed by atoms with E-state index < -0.39 is 6.61 Å². The molecule has 0 fully saturated rings. The molecular formula is C26H24F2N4O3S. The number of anilines is 1. The molecule has 0 atom stereocenters. The summed E-state index contributed by atoms with van der Waals surface area (Å²) in [5.41, 5.74) is 2.20. The number of ether oxygens (including phenoxy) is 2. The smallest absolute Gasteiger partial charge is 0.387 e.